The van der Waals surface area contributed by atoms with Crippen molar-refractivity contribution in [1.82, 2.24) is 10.2 Å². The Morgan fingerprint density at radius 1 is 1.29 bits per heavy atom. The van der Waals surface area contributed by atoms with E-state index in [-0.39, 0.29) is 17.7 Å². The molecule has 24 heavy (non-hydrogen) atoms. The molecule has 0 bridgehead atoms. The van der Waals surface area contributed by atoms with Crippen molar-refractivity contribution in [3.8, 4) is 0 Å². The van der Waals surface area contributed by atoms with Gasteiger partial charge in [-0.15, -0.1) is 0 Å². The number of nitrogens with zero attached hydrogens (tertiary/aromatic N) is 1. The van der Waals surface area contributed by atoms with Crippen LogP contribution in [0.3, 0.4) is 0 Å². The van der Waals surface area contributed by atoms with Crippen molar-refractivity contribution in [3.63, 3.8) is 0 Å². The average molecular weight is 327 g/mol. The van der Waals surface area contributed by atoms with E-state index < -0.39 is 0 Å². The Bertz CT molecular complexity index is 712. The first-order chi connectivity index (χ1) is 11.6. The number of rotatable bonds is 4. The highest BCUT2D eigenvalue weighted by Gasteiger charge is 2.22. The number of likely N-dealkylation sites (tertiary alicyclic amines) is 1. The fourth-order valence-electron chi connectivity index (χ4n) is 2.77. The molecular formula is C18H21N3O3. The van der Waals surface area contributed by atoms with Crippen molar-refractivity contribution in [2.24, 2.45) is 5.92 Å². The van der Waals surface area contributed by atoms with Gasteiger partial charge in [-0.3, -0.25) is 4.79 Å². The van der Waals surface area contributed by atoms with E-state index in [1.807, 2.05) is 23.1 Å². The maximum absolute atomic E-state index is 12.1. The minimum absolute atomic E-state index is 0.0376. The van der Waals surface area contributed by atoms with Crippen molar-refractivity contribution < 1.29 is 14.0 Å². The van der Waals surface area contributed by atoms with Crippen molar-refractivity contribution >= 4 is 17.6 Å². The van der Waals surface area contributed by atoms with E-state index in [1.165, 1.54) is 6.26 Å². The number of hydrogen-bond donors (Lipinski definition) is 2. The SMILES string of the molecule is C[C@H]1CCN(C(=O)NCc2cccc(NC(=O)c3ccco3)c2)C1. The van der Waals surface area contributed by atoms with Crippen LogP contribution >= 0.6 is 0 Å². The van der Waals surface area contributed by atoms with Crippen molar-refractivity contribution in [2.75, 3.05) is 18.4 Å². The van der Waals surface area contributed by atoms with Crippen molar-refractivity contribution in [2.45, 2.75) is 19.9 Å². The van der Waals surface area contributed by atoms with Gasteiger partial charge in [-0.25, -0.2) is 4.79 Å². The van der Waals surface area contributed by atoms with Gasteiger partial charge < -0.3 is 20.0 Å². The molecule has 0 spiro atoms. The summed E-state index contributed by atoms with van der Waals surface area (Å²) in [6.45, 7) is 4.20. The first kappa shape index (κ1) is 16.1. The van der Waals surface area contributed by atoms with Crippen LogP contribution in [0.5, 0.6) is 0 Å². The van der Waals surface area contributed by atoms with Gasteiger partial charge in [-0.05, 0) is 42.2 Å². The largest absolute Gasteiger partial charge is 0.459 e. The molecule has 6 nitrogen and oxygen atoms in total. The molecule has 126 valence electrons. The van der Waals surface area contributed by atoms with Crippen molar-refractivity contribution in [1.29, 1.82) is 0 Å². The van der Waals surface area contributed by atoms with Crippen LogP contribution < -0.4 is 10.6 Å². The molecule has 0 saturated carbocycles. The smallest absolute Gasteiger partial charge is 0.317 e. The highest BCUT2D eigenvalue weighted by Crippen LogP contribution is 2.16. The topological polar surface area (TPSA) is 74.6 Å². The molecule has 1 saturated heterocycles. The van der Waals surface area contributed by atoms with Gasteiger partial charge in [-0.1, -0.05) is 19.1 Å². The van der Waals surface area contributed by atoms with Gasteiger partial charge in [0.1, 0.15) is 0 Å². The van der Waals surface area contributed by atoms with E-state index in [0.717, 1.165) is 25.1 Å². The van der Waals surface area contributed by atoms with E-state index in [4.69, 9.17) is 4.42 Å². The second-order valence-electron chi connectivity index (χ2n) is 6.13. The molecule has 2 heterocycles. The van der Waals surface area contributed by atoms with Gasteiger partial charge in [0.25, 0.3) is 5.91 Å². The number of nitrogens with one attached hydrogen (secondary N) is 2. The molecule has 2 N–H and O–H groups in total. The van der Waals surface area contributed by atoms with Gasteiger partial charge in [-0.2, -0.15) is 0 Å². The number of hydrogen-bond acceptors (Lipinski definition) is 3. The summed E-state index contributed by atoms with van der Waals surface area (Å²) >= 11 is 0. The Balaban J connectivity index is 1.55. The van der Waals surface area contributed by atoms with E-state index in [0.29, 0.717) is 18.2 Å². The predicted molar refractivity (Wildman–Crippen MR) is 90.7 cm³/mol. The van der Waals surface area contributed by atoms with Crippen LogP contribution in [0.1, 0.15) is 29.5 Å². The Morgan fingerprint density at radius 2 is 2.17 bits per heavy atom. The normalized spacial score (nSPS) is 16.9. The molecule has 1 aliphatic rings. The molecule has 1 fully saturated rings. The lowest BCUT2D eigenvalue weighted by Gasteiger charge is -2.17. The fraction of sp³-hybridized carbons (Fsp3) is 0.333. The lowest BCUT2D eigenvalue weighted by Crippen LogP contribution is -2.37. The standard InChI is InChI=1S/C18H21N3O3/c1-13-7-8-21(12-13)18(23)19-11-14-4-2-5-15(10-14)20-17(22)16-6-3-9-24-16/h2-6,9-10,13H,7-8,11-12H2,1H3,(H,19,23)(H,20,22)/t13-/m0/s1. The minimum atomic E-state index is -0.299. The molecule has 0 radical (unpaired) electrons. The highest BCUT2D eigenvalue weighted by molar-refractivity contribution is 6.02. The molecule has 2 aromatic rings. The van der Waals surface area contributed by atoms with Gasteiger partial charge >= 0.3 is 6.03 Å². The van der Waals surface area contributed by atoms with Crippen LogP contribution in [0, 0.1) is 5.92 Å². The first-order valence-corrected chi connectivity index (χ1v) is 8.08. The van der Waals surface area contributed by atoms with E-state index in [1.54, 1.807) is 18.2 Å². The lowest BCUT2D eigenvalue weighted by molar-refractivity contribution is 0.0996. The predicted octanol–water partition coefficient (Wildman–Crippen LogP) is 3.08. The number of anilines is 1. The van der Waals surface area contributed by atoms with Crippen LogP contribution in [-0.4, -0.2) is 29.9 Å². The Morgan fingerprint density at radius 3 is 2.88 bits per heavy atom. The maximum atomic E-state index is 12.1. The molecule has 1 aromatic carbocycles. The summed E-state index contributed by atoms with van der Waals surface area (Å²) in [6, 6.07) is 10.6. The molecule has 6 heteroatoms. The Labute approximate surface area is 140 Å². The third kappa shape index (κ3) is 3.95. The second kappa shape index (κ2) is 7.21. The molecule has 0 aliphatic carbocycles. The van der Waals surface area contributed by atoms with Crippen LogP contribution in [0.4, 0.5) is 10.5 Å². The number of furan rings is 1. The number of urea groups is 1. The van der Waals surface area contributed by atoms with Crippen LogP contribution in [0.2, 0.25) is 0 Å². The highest BCUT2D eigenvalue weighted by atomic mass is 16.3. The fourth-order valence-corrected chi connectivity index (χ4v) is 2.77. The monoisotopic (exact) mass is 327 g/mol. The van der Waals surface area contributed by atoms with Crippen LogP contribution in [-0.2, 0) is 6.54 Å². The zero-order chi connectivity index (χ0) is 16.9. The zero-order valence-corrected chi connectivity index (χ0v) is 13.6. The van der Waals surface area contributed by atoms with E-state index >= 15 is 0 Å². The van der Waals surface area contributed by atoms with Gasteiger partial charge in [0.2, 0.25) is 0 Å². The molecule has 1 aromatic heterocycles. The van der Waals surface area contributed by atoms with Crippen LogP contribution in [0.15, 0.2) is 47.1 Å². The molecule has 1 aliphatic heterocycles. The number of benzene rings is 1. The molecule has 0 unspecified atom stereocenters. The Hall–Kier alpha value is -2.76. The van der Waals surface area contributed by atoms with Gasteiger partial charge in [0.05, 0.1) is 6.26 Å². The van der Waals surface area contributed by atoms with Crippen molar-refractivity contribution in [3.05, 3.63) is 54.0 Å². The molecule has 3 rings (SSSR count). The Kier molecular flexibility index (Phi) is 4.84. The molecule has 3 amide bonds. The number of carbonyl (C=O) groups excluding carboxylic acids is 2. The van der Waals surface area contributed by atoms with Gasteiger partial charge in [0, 0.05) is 25.3 Å². The summed E-state index contributed by atoms with van der Waals surface area (Å²) in [7, 11) is 0. The molecular weight excluding hydrogens is 306 g/mol. The summed E-state index contributed by atoms with van der Waals surface area (Å²) in [6.07, 6.45) is 2.52. The third-order valence-electron chi connectivity index (χ3n) is 4.08. The van der Waals surface area contributed by atoms with E-state index in [9.17, 15) is 9.59 Å². The first-order valence-electron chi connectivity index (χ1n) is 8.08. The summed E-state index contributed by atoms with van der Waals surface area (Å²) in [5, 5.41) is 5.70. The van der Waals surface area contributed by atoms with Crippen LogP contribution in [0.25, 0.3) is 0 Å². The summed E-state index contributed by atoms with van der Waals surface area (Å²) in [5.41, 5.74) is 1.59. The second-order valence-corrected chi connectivity index (χ2v) is 6.13. The third-order valence-corrected chi connectivity index (χ3v) is 4.08. The lowest BCUT2D eigenvalue weighted by atomic mass is 10.2. The minimum Gasteiger partial charge on any atom is -0.459 e. The zero-order valence-electron chi connectivity index (χ0n) is 13.6. The maximum Gasteiger partial charge on any atom is 0.317 e. The summed E-state index contributed by atoms with van der Waals surface area (Å²) < 4.78 is 5.07. The van der Waals surface area contributed by atoms with E-state index in [2.05, 4.69) is 17.6 Å². The number of carbonyl (C=O) groups is 2. The summed E-state index contributed by atoms with van der Waals surface area (Å²) in [5.74, 6) is 0.528. The van der Waals surface area contributed by atoms with Gasteiger partial charge in [0.15, 0.2) is 5.76 Å². The summed E-state index contributed by atoms with van der Waals surface area (Å²) in [4.78, 5) is 25.9. The molecule has 1 atom stereocenters. The number of amides is 3. The quantitative estimate of drug-likeness (QED) is 0.906. The average Bonchev–Trinajstić information content (AvgIpc) is 3.24.